The molecule has 1 amide bonds. The fourth-order valence-corrected chi connectivity index (χ4v) is 3.64. The Morgan fingerprint density at radius 2 is 1.48 bits per heavy atom. The molecular formula is C14H27NO4S2. The molecule has 0 saturated carbocycles. The van der Waals surface area contributed by atoms with Crippen LogP contribution in [0.4, 0.5) is 4.79 Å². The van der Waals surface area contributed by atoms with Crippen LogP contribution < -0.4 is 5.32 Å². The van der Waals surface area contributed by atoms with Crippen LogP contribution in [0, 0.1) is 0 Å². The van der Waals surface area contributed by atoms with E-state index in [-0.39, 0.29) is 4.75 Å². The summed E-state index contributed by atoms with van der Waals surface area (Å²) in [6.45, 7) is 15.0. The molecule has 0 heterocycles. The quantitative estimate of drug-likeness (QED) is 0.741. The van der Waals surface area contributed by atoms with Gasteiger partial charge in [-0.15, -0.1) is 0 Å². The third-order valence-electron chi connectivity index (χ3n) is 2.11. The van der Waals surface area contributed by atoms with Gasteiger partial charge in [-0.25, -0.2) is 9.59 Å². The van der Waals surface area contributed by atoms with Crippen molar-refractivity contribution in [2.75, 3.05) is 0 Å². The molecular weight excluding hydrogens is 310 g/mol. The summed E-state index contributed by atoms with van der Waals surface area (Å²) in [6.07, 6.45) is -0.718. The first kappa shape index (κ1) is 20.4. The molecule has 0 aliphatic carbocycles. The van der Waals surface area contributed by atoms with Gasteiger partial charge in [0.1, 0.15) is 11.6 Å². The molecule has 0 aliphatic rings. The van der Waals surface area contributed by atoms with Crippen molar-refractivity contribution in [3.05, 3.63) is 0 Å². The second-order valence-corrected chi connectivity index (χ2v) is 10.9. The summed E-state index contributed by atoms with van der Waals surface area (Å²) in [4.78, 5) is 23.3. The molecule has 1 atom stereocenters. The molecule has 21 heavy (non-hydrogen) atoms. The molecule has 0 unspecified atom stereocenters. The number of hydrogen-bond donors (Lipinski definition) is 2. The van der Waals surface area contributed by atoms with Crippen LogP contribution in [0.3, 0.4) is 0 Å². The first-order valence-corrected chi connectivity index (χ1v) is 8.88. The number of rotatable bonds is 5. The highest BCUT2D eigenvalue weighted by Gasteiger charge is 2.39. The Morgan fingerprint density at radius 1 is 1.00 bits per heavy atom. The molecule has 0 aromatic heterocycles. The van der Waals surface area contributed by atoms with E-state index in [9.17, 15) is 14.7 Å². The monoisotopic (exact) mass is 337 g/mol. The fourth-order valence-electron chi connectivity index (χ4n) is 1.24. The molecule has 5 nitrogen and oxygen atoms in total. The molecule has 2 N–H and O–H groups in total. The summed E-state index contributed by atoms with van der Waals surface area (Å²) in [5, 5.41) is 11.8. The smallest absolute Gasteiger partial charge is 0.408 e. The molecule has 124 valence electrons. The van der Waals surface area contributed by atoms with Gasteiger partial charge in [-0.1, -0.05) is 42.4 Å². The average molecular weight is 338 g/mol. The Kier molecular flexibility index (Phi) is 6.94. The lowest BCUT2D eigenvalue weighted by Crippen LogP contribution is -2.53. The van der Waals surface area contributed by atoms with E-state index in [4.69, 9.17) is 4.74 Å². The molecule has 0 aromatic carbocycles. The molecule has 0 spiro atoms. The molecule has 0 aliphatic heterocycles. The van der Waals surface area contributed by atoms with E-state index in [2.05, 4.69) is 26.1 Å². The topological polar surface area (TPSA) is 75.6 Å². The number of alkyl carbamates (subject to hydrolysis) is 1. The zero-order valence-corrected chi connectivity index (χ0v) is 15.7. The number of carboxylic acid groups (broad SMARTS) is 1. The highest BCUT2D eigenvalue weighted by Crippen LogP contribution is 2.44. The van der Waals surface area contributed by atoms with Gasteiger partial charge in [0.05, 0.1) is 4.75 Å². The van der Waals surface area contributed by atoms with Crippen LogP contribution in [-0.2, 0) is 9.53 Å². The Labute approximate surface area is 135 Å². The van der Waals surface area contributed by atoms with Crippen LogP contribution in [0.5, 0.6) is 0 Å². The van der Waals surface area contributed by atoms with Crippen molar-refractivity contribution in [1.82, 2.24) is 5.32 Å². The largest absolute Gasteiger partial charge is 0.480 e. The third-order valence-corrected chi connectivity index (χ3v) is 6.40. The highest BCUT2D eigenvalue weighted by atomic mass is 33.1. The van der Waals surface area contributed by atoms with Crippen molar-refractivity contribution in [3.63, 3.8) is 0 Å². The Bertz CT molecular complexity index is 383. The van der Waals surface area contributed by atoms with Crippen molar-refractivity contribution in [2.45, 2.75) is 76.5 Å². The van der Waals surface area contributed by atoms with Gasteiger partial charge < -0.3 is 15.2 Å². The van der Waals surface area contributed by atoms with Gasteiger partial charge in [0, 0.05) is 4.75 Å². The summed E-state index contributed by atoms with van der Waals surface area (Å²) in [5.41, 5.74) is -0.662. The standard InChI is InChI=1S/C14H27NO4S2/c1-12(2,3)19-11(18)15-9(10(16)17)14(7,8)21-20-13(4,5)6/h9H,1-8H3,(H,15,18)(H,16,17)/t9-/m0/s1. The van der Waals surface area contributed by atoms with E-state index in [1.807, 2.05) is 0 Å². The third kappa shape index (κ3) is 9.14. The lowest BCUT2D eigenvalue weighted by Gasteiger charge is -2.33. The second-order valence-electron chi connectivity index (χ2n) is 7.30. The van der Waals surface area contributed by atoms with Crippen LogP contribution in [0.15, 0.2) is 0 Å². The zero-order valence-electron chi connectivity index (χ0n) is 14.1. The summed E-state index contributed by atoms with van der Waals surface area (Å²) < 4.78 is 4.45. The molecule has 7 heteroatoms. The maximum absolute atomic E-state index is 11.8. The van der Waals surface area contributed by atoms with E-state index in [0.717, 1.165) is 0 Å². The van der Waals surface area contributed by atoms with Crippen LogP contribution >= 0.6 is 21.6 Å². The van der Waals surface area contributed by atoms with E-state index in [1.54, 1.807) is 45.4 Å². The number of amides is 1. The first-order valence-electron chi connectivity index (χ1n) is 6.73. The number of aliphatic carboxylic acids is 1. The predicted octanol–water partition coefficient (Wildman–Crippen LogP) is 3.92. The van der Waals surface area contributed by atoms with Crippen LogP contribution in [0.1, 0.15) is 55.4 Å². The molecule has 0 fully saturated rings. The average Bonchev–Trinajstić information content (AvgIpc) is 2.19. The molecule has 0 radical (unpaired) electrons. The summed E-state index contributed by atoms with van der Waals surface area (Å²) >= 11 is 0. The second kappa shape index (κ2) is 7.13. The first-order chi connectivity index (χ1) is 9.14. The Morgan fingerprint density at radius 3 is 1.81 bits per heavy atom. The predicted molar refractivity (Wildman–Crippen MR) is 89.8 cm³/mol. The van der Waals surface area contributed by atoms with Gasteiger partial charge in [0.2, 0.25) is 0 Å². The number of nitrogens with one attached hydrogen (secondary N) is 1. The van der Waals surface area contributed by atoms with Crippen LogP contribution in [0.25, 0.3) is 0 Å². The maximum atomic E-state index is 11.8. The lowest BCUT2D eigenvalue weighted by atomic mass is 10.0. The maximum Gasteiger partial charge on any atom is 0.408 e. The van der Waals surface area contributed by atoms with Crippen molar-refractivity contribution in [3.8, 4) is 0 Å². The van der Waals surface area contributed by atoms with Crippen molar-refractivity contribution in [2.24, 2.45) is 0 Å². The minimum Gasteiger partial charge on any atom is -0.480 e. The summed E-state index contributed by atoms with van der Waals surface area (Å²) in [6, 6.07) is -1.03. The Balaban J connectivity index is 4.89. The lowest BCUT2D eigenvalue weighted by molar-refractivity contribution is -0.140. The number of carbonyl (C=O) groups is 2. The highest BCUT2D eigenvalue weighted by molar-refractivity contribution is 8.77. The fraction of sp³-hybridized carbons (Fsp3) is 0.857. The van der Waals surface area contributed by atoms with Gasteiger partial charge in [-0.2, -0.15) is 0 Å². The normalized spacial score (nSPS) is 14.5. The minimum atomic E-state index is -1.08. The van der Waals surface area contributed by atoms with E-state index in [0.29, 0.717) is 0 Å². The van der Waals surface area contributed by atoms with E-state index in [1.165, 1.54) is 10.8 Å². The molecule has 0 saturated heterocycles. The van der Waals surface area contributed by atoms with E-state index >= 15 is 0 Å². The summed E-state index contributed by atoms with van der Waals surface area (Å²) in [5.74, 6) is -1.08. The van der Waals surface area contributed by atoms with Crippen molar-refractivity contribution in [1.29, 1.82) is 0 Å². The van der Waals surface area contributed by atoms with Gasteiger partial charge in [-0.3, -0.25) is 0 Å². The van der Waals surface area contributed by atoms with Gasteiger partial charge in [-0.05, 0) is 34.6 Å². The van der Waals surface area contributed by atoms with Gasteiger partial charge >= 0.3 is 12.1 Å². The summed E-state index contributed by atoms with van der Waals surface area (Å²) in [7, 11) is 3.04. The van der Waals surface area contributed by atoms with Gasteiger partial charge in [0.15, 0.2) is 0 Å². The molecule has 0 bridgehead atoms. The molecule has 0 aromatic rings. The van der Waals surface area contributed by atoms with E-state index < -0.39 is 28.5 Å². The number of carboxylic acids is 1. The number of hydrogen-bond acceptors (Lipinski definition) is 5. The number of ether oxygens (including phenoxy) is 1. The van der Waals surface area contributed by atoms with Crippen molar-refractivity contribution < 1.29 is 19.4 Å². The molecule has 0 rings (SSSR count). The SMILES string of the molecule is CC(C)(C)OC(=O)N[C@@H](C(=O)O)C(C)(C)SSC(C)(C)C. The van der Waals surface area contributed by atoms with Crippen LogP contribution in [-0.4, -0.2) is 38.3 Å². The zero-order chi connectivity index (χ0) is 17.1. The van der Waals surface area contributed by atoms with Crippen LogP contribution in [0.2, 0.25) is 0 Å². The van der Waals surface area contributed by atoms with Gasteiger partial charge in [0.25, 0.3) is 0 Å². The van der Waals surface area contributed by atoms with Crippen molar-refractivity contribution >= 4 is 33.7 Å². The number of carbonyl (C=O) groups excluding carboxylic acids is 1. The minimum absolute atomic E-state index is 0.00307. The Hall–Kier alpha value is -0.560.